The SMILES string of the molecule is C#CC1(Nc2nc(=O)n(-c3cccnc3C)c3cc(Cl)cc(OC)c23)CC1. The summed E-state index contributed by atoms with van der Waals surface area (Å²) < 4.78 is 7.02. The lowest BCUT2D eigenvalue weighted by Crippen LogP contribution is -2.27. The van der Waals surface area contributed by atoms with Crippen LogP contribution in [0, 0.1) is 19.3 Å². The van der Waals surface area contributed by atoms with E-state index in [1.54, 1.807) is 31.5 Å². The Balaban J connectivity index is 2.08. The summed E-state index contributed by atoms with van der Waals surface area (Å²) in [6.07, 6.45) is 8.98. The van der Waals surface area contributed by atoms with Gasteiger partial charge in [-0.25, -0.2) is 4.79 Å². The van der Waals surface area contributed by atoms with Crippen LogP contribution in [-0.2, 0) is 0 Å². The molecule has 1 saturated carbocycles. The molecule has 2 heterocycles. The second-order valence-corrected chi connectivity index (χ2v) is 6.98. The second-order valence-electron chi connectivity index (χ2n) is 6.54. The van der Waals surface area contributed by atoms with Gasteiger partial charge in [-0.2, -0.15) is 4.98 Å². The molecule has 2 aromatic heterocycles. The lowest BCUT2D eigenvalue weighted by atomic mass is 10.1. The number of nitrogens with one attached hydrogen (secondary N) is 1. The number of aromatic nitrogens is 3. The zero-order valence-corrected chi connectivity index (χ0v) is 15.7. The van der Waals surface area contributed by atoms with Gasteiger partial charge in [0.1, 0.15) is 11.6 Å². The Morgan fingerprint density at radius 3 is 2.81 bits per heavy atom. The van der Waals surface area contributed by atoms with Crippen LogP contribution in [0.1, 0.15) is 18.5 Å². The smallest absolute Gasteiger partial charge is 0.354 e. The molecule has 0 bridgehead atoms. The molecular weight excluding hydrogens is 364 g/mol. The van der Waals surface area contributed by atoms with Crippen molar-refractivity contribution in [2.75, 3.05) is 12.4 Å². The van der Waals surface area contributed by atoms with Gasteiger partial charge in [0.25, 0.3) is 0 Å². The van der Waals surface area contributed by atoms with Crippen molar-refractivity contribution in [3.05, 3.63) is 51.7 Å². The van der Waals surface area contributed by atoms with Gasteiger partial charge < -0.3 is 10.1 Å². The average Bonchev–Trinajstić information content (AvgIpc) is 3.42. The third kappa shape index (κ3) is 2.90. The Labute approximate surface area is 161 Å². The molecule has 1 aliphatic carbocycles. The highest BCUT2D eigenvalue weighted by atomic mass is 35.5. The van der Waals surface area contributed by atoms with Gasteiger partial charge in [-0.15, -0.1) is 6.42 Å². The largest absolute Gasteiger partial charge is 0.496 e. The van der Waals surface area contributed by atoms with Crippen molar-refractivity contribution in [2.45, 2.75) is 25.3 Å². The Morgan fingerprint density at radius 1 is 1.41 bits per heavy atom. The van der Waals surface area contributed by atoms with E-state index >= 15 is 0 Å². The minimum absolute atomic E-state index is 0.400. The van der Waals surface area contributed by atoms with E-state index in [1.165, 1.54) is 4.57 Å². The van der Waals surface area contributed by atoms with Crippen LogP contribution in [0.2, 0.25) is 5.02 Å². The normalized spacial score (nSPS) is 14.6. The van der Waals surface area contributed by atoms with Crippen LogP contribution in [0.4, 0.5) is 5.82 Å². The fraction of sp³-hybridized carbons (Fsp3) is 0.250. The fourth-order valence-corrected chi connectivity index (χ4v) is 3.34. The van der Waals surface area contributed by atoms with Crippen LogP contribution in [-0.4, -0.2) is 27.2 Å². The number of benzene rings is 1. The predicted octanol–water partition coefficient (Wildman–Crippen LogP) is 3.33. The van der Waals surface area contributed by atoms with E-state index in [0.29, 0.717) is 38.9 Å². The number of anilines is 1. The summed E-state index contributed by atoms with van der Waals surface area (Å²) in [5.74, 6) is 3.66. The third-order valence-electron chi connectivity index (χ3n) is 4.75. The van der Waals surface area contributed by atoms with Gasteiger partial charge in [0.15, 0.2) is 0 Å². The van der Waals surface area contributed by atoms with E-state index in [1.807, 2.05) is 13.0 Å². The molecule has 1 aromatic carbocycles. The summed E-state index contributed by atoms with van der Waals surface area (Å²) in [6.45, 7) is 1.83. The molecule has 0 radical (unpaired) electrons. The van der Waals surface area contributed by atoms with E-state index < -0.39 is 11.2 Å². The van der Waals surface area contributed by atoms with Crippen molar-refractivity contribution in [3.63, 3.8) is 0 Å². The number of rotatable bonds is 4. The molecule has 3 aromatic rings. The Hall–Kier alpha value is -3.04. The Kier molecular flexibility index (Phi) is 4.05. The van der Waals surface area contributed by atoms with Crippen LogP contribution in [0.3, 0.4) is 0 Å². The van der Waals surface area contributed by atoms with E-state index in [9.17, 15) is 4.79 Å². The summed E-state index contributed by atoms with van der Waals surface area (Å²) in [4.78, 5) is 21.5. The van der Waals surface area contributed by atoms with Crippen LogP contribution in [0.5, 0.6) is 5.75 Å². The number of fused-ring (bicyclic) bond motifs is 1. The first kappa shape index (κ1) is 17.4. The maximum atomic E-state index is 13.0. The third-order valence-corrected chi connectivity index (χ3v) is 4.96. The van der Waals surface area contributed by atoms with E-state index in [4.69, 9.17) is 22.8 Å². The number of hydrogen-bond acceptors (Lipinski definition) is 5. The quantitative estimate of drug-likeness (QED) is 0.703. The van der Waals surface area contributed by atoms with Crippen LogP contribution in [0.25, 0.3) is 16.6 Å². The molecule has 7 heteroatoms. The van der Waals surface area contributed by atoms with Crippen LogP contribution >= 0.6 is 11.6 Å². The maximum absolute atomic E-state index is 13.0. The number of aryl methyl sites for hydroxylation is 1. The topological polar surface area (TPSA) is 69.0 Å². The summed E-state index contributed by atoms with van der Waals surface area (Å²) >= 11 is 6.30. The summed E-state index contributed by atoms with van der Waals surface area (Å²) in [5, 5.41) is 4.34. The van der Waals surface area contributed by atoms with E-state index in [-0.39, 0.29) is 0 Å². The molecule has 4 rings (SSSR count). The molecule has 136 valence electrons. The molecule has 27 heavy (non-hydrogen) atoms. The van der Waals surface area contributed by atoms with Gasteiger partial charge in [-0.1, -0.05) is 17.5 Å². The number of halogens is 1. The second kappa shape index (κ2) is 6.29. The van der Waals surface area contributed by atoms with Gasteiger partial charge in [0.2, 0.25) is 0 Å². The molecule has 0 unspecified atom stereocenters. The van der Waals surface area contributed by atoms with Gasteiger partial charge in [-0.3, -0.25) is 9.55 Å². The van der Waals surface area contributed by atoms with Crippen molar-refractivity contribution >= 4 is 28.3 Å². The number of methoxy groups -OCH3 is 1. The minimum Gasteiger partial charge on any atom is -0.496 e. The highest BCUT2D eigenvalue weighted by molar-refractivity contribution is 6.31. The molecule has 6 nitrogen and oxygen atoms in total. The van der Waals surface area contributed by atoms with Crippen LogP contribution < -0.4 is 15.7 Å². The molecule has 1 N–H and O–H groups in total. The highest BCUT2D eigenvalue weighted by Crippen LogP contribution is 2.41. The standard InChI is InChI=1S/C20H17ClN4O2/c1-4-20(7-8-20)24-18-17-15(10-13(21)11-16(17)27-3)25(19(26)23-18)14-6-5-9-22-12(14)2/h1,5-6,9-11H,7-8H2,2-3H3,(H,23,24,26). The van der Waals surface area contributed by atoms with Crippen molar-refractivity contribution in [1.29, 1.82) is 0 Å². The maximum Gasteiger partial charge on any atom is 0.354 e. The monoisotopic (exact) mass is 380 g/mol. The Bertz CT molecular complexity index is 1160. The number of nitrogens with zero attached hydrogens (tertiary/aromatic N) is 3. The molecule has 0 amide bonds. The van der Waals surface area contributed by atoms with Crippen molar-refractivity contribution < 1.29 is 4.74 Å². The molecule has 0 spiro atoms. The highest BCUT2D eigenvalue weighted by Gasteiger charge is 2.42. The zero-order chi connectivity index (χ0) is 19.2. The average molecular weight is 381 g/mol. The molecule has 0 atom stereocenters. The summed E-state index contributed by atoms with van der Waals surface area (Å²) in [6, 6.07) is 6.99. The first-order chi connectivity index (χ1) is 13.0. The van der Waals surface area contributed by atoms with E-state index in [0.717, 1.165) is 12.8 Å². The van der Waals surface area contributed by atoms with Gasteiger partial charge in [0.05, 0.1) is 34.9 Å². The number of pyridine rings is 1. The molecular formula is C20H17ClN4O2. The lowest BCUT2D eigenvalue weighted by Gasteiger charge is -2.19. The molecule has 0 aliphatic heterocycles. The predicted molar refractivity (Wildman–Crippen MR) is 106 cm³/mol. The van der Waals surface area contributed by atoms with Gasteiger partial charge >= 0.3 is 5.69 Å². The zero-order valence-electron chi connectivity index (χ0n) is 14.9. The van der Waals surface area contributed by atoms with Gasteiger partial charge in [0, 0.05) is 11.2 Å². The molecule has 0 saturated heterocycles. The molecule has 1 aliphatic rings. The van der Waals surface area contributed by atoms with Crippen molar-refractivity contribution in [1.82, 2.24) is 14.5 Å². The number of terminal acetylenes is 1. The first-order valence-corrected chi connectivity index (χ1v) is 8.84. The van der Waals surface area contributed by atoms with Crippen molar-refractivity contribution in [2.24, 2.45) is 0 Å². The summed E-state index contributed by atoms with van der Waals surface area (Å²) in [5.41, 5.74) is 0.996. The number of hydrogen-bond donors (Lipinski definition) is 1. The van der Waals surface area contributed by atoms with Crippen LogP contribution in [0.15, 0.2) is 35.3 Å². The van der Waals surface area contributed by atoms with E-state index in [2.05, 4.69) is 21.2 Å². The fourth-order valence-electron chi connectivity index (χ4n) is 3.14. The minimum atomic E-state index is -0.465. The van der Waals surface area contributed by atoms with Gasteiger partial charge in [-0.05, 0) is 44.0 Å². The molecule has 1 fully saturated rings. The first-order valence-electron chi connectivity index (χ1n) is 8.46. The Morgan fingerprint density at radius 2 is 2.19 bits per heavy atom. The summed E-state index contributed by atoms with van der Waals surface area (Å²) in [7, 11) is 1.55. The lowest BCUT2D eigenvalue weighted by molar-refractivity contribution is 0.419. The van der Waals surface area contributed by atoms with Crippen molar-refractivity contribution in [3.8, 4) is 23.8 Å². The number of ether oxygens (including phenoxy) is 1.